The first-order valence-electron chi connectivity index (χ1n) is 8.84. The molecule has 0 aromatic heterocycles. The molecule has 1 aliphatic carbocycles. The summed E-state index contributed by atoms with van der Waals surface area (Å²) >= 11 is 0. The van der Waals surface area contributed by atoms with Gasteiger partial charge in [-0.1, -0.05) is 6.42 Å². The Morgan fingerprint density at radius 1 is 1.26 bits per heavy atom. The standard InChI is InChI=1S/C17H25N5O4S/c1-26-14-6-5-12(27(24,25)10-9-23)11-13(14)22-16(19)20-15(18)21-17(22)7-3-2-4-8-17/h5-6,11,23H,2-4,7-10H2,1H3,(H4,18,19,20,21). The van der Waals surface area contributed by atoms with E-state index in [4.69, 9.17) is 21.3 Å². The number of aliphatic hydroxyl groups excluding tert-OH is 1. The Balaban J connectivity index is 2.16. The number of methoxy groups -OCH3 is 1. The summed E-state index contributed by atoms with van der Waals surface area (Å²) in [5.41, 5.74) is 11.9. The van der Waals surface area contributed by atoms with Crippen LogP contribution in [0.2, 0.25) is 0 Å². The van der Waals surface area contributed by atoms with Crippen LogP contribution in [0.15, 0.2) is 33.1 Å². The Kier molecular flexibility index (Phi) is 5.29. The number of aliphatic hydroxyl groups is 1. The van der Waals surface area contributed by atoms with E-state index in [1.807, 2.05) is 0 Å². The third-order valence-electron chi connectivity index (χ3n) is 4.96. The van der Waals surface area contributed by atoms with Gasteiger partial charge < -0.3 is 21.3 Å². The average Bonchev–Trinajstić information content (AvgIpc) is 2.61. The van der Waals surface area contributed by atoms with Gasteiger partial charge in [0.05, 0.1) is 30.1 Å². The van der Waals surface area contributed by atoms with Gasteiger partial charge in [-0.15, -0.1) is 0 Å². The second-order valence-electron chi connectivity index (χ2n) is 6.69. The molecule has 1 fully saturated rings. The van der Waals surface area contributed by atoms with Crippen LogP contribution >= 0.6 is 0 Å². The van der Waals surface area contributed by atoms with Crippen LogP contribution in [0.5, 0.6) is 5.75 Å². The van der Waals surface area contributed by atoms with Crippen molar-refractivity contribution in [2.45, 2.75) is 42.7 Å². The number of aliphatic imine (C=N–C) groups is 2. The first-order valence-corrected chi connectivity index (χ1v) is 10.5. The molecule has 148 valence electrons. The summed E-state index contributed by atoms with van der Waals surface area (Å²) in [4.78, 5) is 10.5. The van der Waals surface area contributed by atoms with Gasteiger partial charge in [0, 0.05) is 0 Å². The molecule has 1 heterocycles. The Labute approximate surface area is 158 Å². The predicted octanol–water partition coefficient (Wildman–Crippen LogP) is 0.571. The topological polar surface area (TPSA) is 144 Å². The minimum absolute atomic E-state index is 0.0774. The molecule has 1 aromatic rings. The molecule has 27 heavy (non-hydrogen) atoms. The van der Waals surface area contributed by atoms with Crippen LogP contribution in [0.3, 0.4) is 0 Å². The third-order valence-corrected chi connectivity index (χ3v) is 6.65. The summed E-state index contributed by atoms with van der Waals surface area (Å²) in [6, 6.07) is 4.53. The molecule has 0 bridgehead atoms. The lowest BCUT2D eigenvalue weighted by Gasteiger charge is -2.45. The van der Waals surface area contributed by atoms with Crippen molar-refractivity contribution >= 4 is 27.4 Å². The zero-order valence-electron chi connectivity index (χ0n) is 15.3. The van der Waals surface area contributed by atoms with Crippen LogP contribution < -0.4 is 21.1 Å². The molecular weight excluding hydrogens is 370 g/mol. The number of nitrogens with two attached hydrogens (primary N) is 2. The molecule has 1 aliphatic heterocycles. The highest BCUT2D eigenvalue weighted by molar-refractivity contribution is 7.91. The molecule has 0 atom stereocenters. The fourth-order valence-corrected chi connectivity index (χ4v) is 4.79. The Morgan fingerprint density at radius 3 is 2.59 bits per heavy atom. The van der Waals surface area contributed by atoms with E-state index in [2.05, 4.69) is 9.98 Å². The van der Waals surface area contributed by atoms with Gasteiger partial charge in [0.15, 0.2) is 9.84 Å². The highest BCUT2D eigenvalue weighted by Gasteiger charge is 2.43. The van der Waals surface area contributed by atoms with E-state index in [-0.39, 0.29) is 22.6 Å². The lowest BCUT2D eigenvalue weighted by molar-refractivity contribution is 0.303. The van der Waals surface area contributed by atoms with Gasteiger partial charge in [0.2, 0.25) is 11.9 Å². The molecule has 0 saturated heterocycles. The number of nitrogens with zero attached hydrogens (tertiary/aromatic N) is 3. The molecule has 3 rings (SSSR count). The first kappa shape index (κ1) is 19.4. The Bertz CT molecular complexity index is 875. The molecule has 0 amide bonds. The van der Waals surface area contributed by atoms with E-state index in [0.717, 1.165) is 32.1 Å². The monoisotopic (exact) mass is 395 g/mol. The molecule has 0 radical (unpaired) electrons. The van der Waals surface area contributed by atoms with E-state index >= 15 is 0 Å². The highest BCUT2D eigenvalue weighted by Crippen LogP contribution is 2.43. The average molecular weight is 395 g/mol. The van der Waals surface area contributed by atoms with Crippen molar-refractivity contribution < 1.29 is 18.3 Å². The summed E-state index contributed by atoms with van der Waals surface area (Å²) in [5, 5.41) is 9.07. The molecule has 1 aromatic carbocycles. The van der Waals surface area contributed by atoms with Crippen LogP contribution in [0.4, 0.5) is 5.69 Å². The van der Waals surface area contributed by atoms with Crippen LogP contribution in [0.25, 0.3) is 0 Å². The van der Waals surface area contributed by atoms with Crippen molar-refractivity contribution in [2.24, 2.45) is 21.5 Å². The van der Waals surface area contributed by atoms with E-state index in [1.165, 1.54) is 19.2 Å². The second kappa shape index (κ2) is 7.35. The summed E-state index contributed by atoms with van der Waals surface area (Å²) in [6.07, 6.45) is 4.43. The highest BCUT2D eigenvalue weighted by atomic mass is 32.2. The number of benzene rings is 1. The minimum atomic E-state index is -3.64. The molecule has 9 nitrogen and oxygen atoms in total. The predicted molar refractivity (Wildman–Crippen MR) is 104 cm³/mol. The number of rotatable bonds is 5. The first-order chi connectivity index (χ1) is 12.8. The van der Waals surface area contributed by atoms with Gasteiger partial charge in [-0.25, -0.2) is 13.4 Å². The van der Waals surface area contributed by atoms with Gasteiger partial charge in [-0.05, 0) is 43.9 Å². The van der Waals surface area contributed by atoms with Gasteiger partial charge in [0.25, 0.3) is 0 Å². The van der Waals surface area contributed by atoms with Gasteiger partial charge >= 0.3 is 0 Å². The van der Waals surface area contributed by atoms with E-state index < -0.39 is 22.1 Å². The van der Waals surface area contributed by atoms with Crippen molar-refractivity contribution in [1.82, 2.24) is 0 Å². The van der Waals surface area contributed by atoms with Crippen molar-refractivity contribution in [3.05, 3.63) is 18.2 Å². The summed E-state index contributed by atoms with van der Waals surface area (Å²) < 4.78 is 30.3. The maximum atomic E-state index is 12.4. The largest absolute Gasteiger partial charge is 0.495 e. The smallest absolute Gasteiger partial charge is 0.220 e. The number of anilines is 1. The van der Waals surface area contributed by atoms with Crippen molar-refractivity contribution in [3.63, 3.8) is 0 Å². The molecule has 10 heteroatoms. The maximum absolute atomic E-state index is 12.4. The maximum Gasteiger partial charge on any atom is 0.220 e. The second-order valence-corrected chi connectivity index (χ2v) is 8.80. The fourth-order valence-electron chi connectivity index (χ4n) is 3.75. The van der Waals surface area contributed by atoms with Gasteiger partial charge in [-0.2, -0.15) is 4.99 Å². The number of ether oxygens (including phenoxy) is 1. The van der Waals surface area contributed by atoms with E-state index in [0.29, 0.717) is 11.4 Å². The zero-order chi connectivity index (χ0) is 19.7. The van der Waals surface area contributed by atoms with Crippen LogP contribution in [-0.2, 0) is 9.84 Å². The quantitative estimate of drug-likeness (QED) is 0.661. The lowest BCUT2D eigenvalue weighted by atomic mass is 9.87. The fraction of sp³-hybridized carbons (Fsp3) is 0.529. The van der Waals surface area contributed by atoms with E-state index in [9.17, 15) is 8.42 Å². The van der Waals surface area contributed by atoms with Crippen molar-refractivity contribution in [3.8, 4) is 5.75 Å². The molecule has 0 unspecified atom stereocenters. The van der Waals surface area contributed by atoms with Crippen molar-refractivity contribution in [1.29, 1.82) is 0 Å². The van der Waals surface area contributed by atoms with Crippen LogP contribution in [-0.4, -0.2) is 50.6 Å². The molecule has 1 saturated carbocycles. The zero-order valence-corrected chi connectivity index (χ0v) is 16.1. The molecule has 2 aliphatic rings. The summed E-state index contributed by atoms with van der Waals surface area (Å²) in [5.74, 6) is 0.364. The molecular formula is C17H25N5O4S. The number of guanidine groups is 2. The number of hydrogen-bond donors (Lipinski definition) is 3. The van der Waals surface area contributed by atoms with Crippen molar-refractivity contribution in [2.75, 3.05) is 24.4 Å². The minimum Gasteiger partial charge on any atom is -0.495 e. The SMILES string of the molecule is COc1ccc(S(=O)(=O)CCO)cc1N1C(N)=NC(N)=NC12CCCCC2. The van der Waals surface area contributed by atoms with Crippen LogP contribution in [0.1, 0.15) is 32.1 Å². The normalized spacial score (nSPS) is 19.6. The van der Waals surface area contributed by atoms with Crippen LogP contribution in [0, 0.1) is 0 Å². The molecule has 5 N–H and O–H groups in total. The van der Waals surface area contributed by atoms with E-state index in [1.54, 1.807) is 11.0 Å². The Hall–Kier alpha value is -2.33. The molecule has 1 spiro atoms. The summed E-state index contributed by atoms with van der Waals surface area (Å²) in [7, 11) is -2.14. The number of sulfone groups is 1. The lowest BCUT2D eigenvalue weighted by Crippen LogP contribution is -2.58. The number of hydrogen-bond acceptors (Lipinski definition) is 9. The third kappa shape index (κ3) is 3.59. The van der Waals surface area contributed by atoms with Gasteiger partial charge in [-0.3, -0.25) is 4.90 Å². The van der Waals surface area contributed by atoms with Gasteiger partial charge in [0.1, 0.15) is 11.4 Å². The Morgan fingerprint density at radius 2 is 1.96 bits per heavy atom. The summed E-state index contributed by atoms with van der Waals surface area (Å²) in [6.45, 7) is -0.457.